The number of nitrogens with zero attached hydrogens (tertiary/aromatic N) is 4. The van der Waals surface area contributed by atoms with Gasteiger partial charge in [-0.1, -0.05) is 36.0 Å². The van der Waals surface area contributed by atoms with Crippen LogP contribution in [0, 0.1) is 0 Å². The van der Waals surface area contributed by atoms with Crippen molar-refractivity contribution in [3.05, 3.63) is 70.3 Å². The monoisotopic (exact) mass is 558 g/mol. The first kappa shape index (κ1) is 29.2. The molecule has 11 heteroatoms. The minimum atomic E-state index is -0.692. The maximum atomic E-state index is 12.6. The number of unbranched alkanes of at least 4 members (excludes halogenated alkanes) is 3. The molecule has 202 valence electrons. The molecule has 0 bridgehead atoms. The lowest BCUT2D eigenvalue weighted by Gasteiger charge is -2.17. The maximum absolute atomic E-state index is 12.6. The number of nitrogens with one attached hydrogen (secondary N) is 2. The summed E-state index contributed by atoms with van der Waals surface area (Å²) in [5.74, 6) is 0.619. The lowest BCUT2D eigenvalue weighted by atomic mass is 10.1. The molecule has 9 nitrogen and oxygen atoms in total. The van der Waals surface area contributed by atoms with Gasteiger partial charge in [-0.25, -0.2) is 9.78 Å². The second-order valence-corrected chi connectivity index (χ2v) is 9.76. The van der Waals surface area contributed by atoms with Crippen LogP contribution in [0.3, 0.4) is 0 Å². The zero-order chi connectivity index (χ0) is 27.5. The highest BCUT2D eigenvalue weighted by Crippen LogP contribution is 2.28. The predicted molar refractivity (Wildman–Crippen MR) is 152 cm³/mol. The number of carbonyl (C=O) groups excluding carboxylic acids is 2. The normalized spacial score (nSPS) is 10.8. The Morgan fingerprint density at radius 2 is 1.68 bits per heavy atom. The van der Waals surface area contributed by atoms with Crippen molar-refractivity contribution in [1.82, 2.24) is 20.2 Å². The number of anilines is 3. The van der Waals surface area contributed by atoms with Gasteiger partial charge in [-0.05, 0) is 75.9 Å². The van der Waals surface area contributed by atoms with Gasteiger partial charge in [0.2, 0.25) is 5.95 Å². The van der Waals surface area contributed by atoms with E-state index in [4.69, 9.17) is 27.9 Å². The average molecular weight is 559 g/mol. The highest BCUT2D eigenvalue weighted by molar-refractivity contribution is 6.34. The van der Waals surface area contributed by atoms with Gasteiger partial charge >= 0.3 is 6.09 Å². The number of hydrogen-bond donors (Lipinski definition) is 2. The van der Waals surface area contributed by atoms with Crippen molar-refractivity contribution in [1.29, 1.82) is 0 Å². The highest BCUT2D eigenvalue weighted by atomic mass is 35.5. The Hall–Kier alpha value is -3.40. The van der Waals surface area contributed by atoms with Crippen molar-refractivity contribution < 1.29 is 14.3 Å². The first-order valence-electron chi connectivity index (χ1n) is 12.3. The number of halogens is 2. The minimum absolute atomic E-state index is 0.108. The second kappa shape index (κ2) is 14.5. The van der Waals surface area contributed by atoms with Gasteiger partial charge in [0.1, 0.15) is 5.82 Å². The Kier molecular flexibility index (Phi) is 11.1. The van der Waals surface area contributed by atoms with Crippen LogP contribution in [-0.4, -0.2) is 61.1 Å². The molecule has 0 saturated heterocycles. The summed E-state index contributed by atoms with van der Waals surface area (Å²) >= 11 is 12.0. The third-order valence-electron chi connectivity index (χ3n) is 5.57. The van der Waals surface area contributed by atoms with E-state index >= 15 is 0 Å². The van der Waals surface area contributed by atoms with Crippen LogP contribution in [0.4, 0.5) is 22.2 Å². The van der Waals surface area contributed by atoms with Crippen LogP contribution in [-0.2, 0) is 0 Å². The summed E-state index contributed by atoms with van der Waals surface area (Å²) in [4.78, 5) is 37.0. The van der Waals surface area contributed by atoms with Crippen molar-refractivity contribution in [3.63, 3.8) is 0 Å². The first-order chi connectivity index (χ1) is 18.2. The van der Waals surface area contributed by atoms with Crippen LogP contribution in [0.5, 0.6) is 5.75 Å². The smallest absolute Gasteiger partial charge is 0.408 e. The summed E-state index contributed by atoms with van der Waals surface area (Å²) in [7, 11) is 5.66. The van der Waals surface area contributed by atoms with Crippen molar-refractivity contribution in [3.8, 4) is 5.75 Å². The summed E-state index contributed by atoms with van der Waals surface area (Å²) in [6.07, 6.45) is 5.20. The molecule has 0 aliphatic heterocycles. The summed E-state index contributed by atoms with van der Waals surface area (Å²) in [6, 6.07) is 13.2. The maximum Gasteiger partial charge on any atom is 0.420 e. The molecule has 0 fully saturated rings. The molecule has 0 radical (unpaired) electrons. The van der Waals surface area contributed by atoms with Crippen LogP contribution in [0.2, 0.25) is 10.0 Å². The fourth-order valence-corrected chi connectivity index (χ4v) is 3.77. The summed E-state index contributed by atoms with van der Waals surface area (Å²) in [5.41, 5.74) is 1.26. The molecular weight excluding hydrogens is 527 g/mol. The second-order valence-electron chi connectivity index (χ2n) is 8.92. The van der Waals surface area contributed by atoms with E-state index in [1.54, 1.807) is 42.5 Å². The molecule has 0 saturated carbocycles. The number of aromatic nitrogens is 2. The van der Waals surface area contributed by atoms with Crippen LogP contribution in [0.15, 0.2) is 54.7 Å². The summed E-state index contributed by atoms with van der Waals surface area (Å²) in [6.45, 7) is 1.74. The zero-order valence-corrected chi connectivity index (χ0v) is 23.2. The molecule has 3 aromatic rings. The molecule has 1 aromatic heterocycles. The van der Waals surface area contributed by atoms with Crippen LogP contribution >= 0.6 is 23.2 Å². The number of carbonyl (C=O) groups is 2. The van der Waals surface area contributed by atoms with Crippen LogP contribution in [0.1, 0.15) is 36.0 Å². The van der Waals surface area contributed by atoms with Crippen molar-refractivity contribution >= 4 is 52.7 Å². The van der Waals surface area contributed by atoms with E-state index in [0.717, 1.165) is 25.8 Å². The highest BCUT2D eigenvalue weighted by Gasteiger charge is 2.17. The Labute approximate surface area is 233 Å². The zero-order valence-electron chi connectivity index (χ0n) is 21.7. The fraction of sp³-hybridized carbons (Fsp3) is 0.333. The van der Waals surface area contributed by atoms with Crippen molar-refractivity contribution in [2.24, 2.45) is 0 Å². The standard InChI is InChI=1S/C27H32Cl2N6O3/c1-34(2)17-7-5-4-6-15-30-25(36)19-8-11-21(12-9-19)32-26-31-16-14-24(33-26)35(3)27(37)38-23-18-20(28)10-13-22(23)29/h8-14,16,18H,4-7,15,17H2,1-3H3,(H,30,36)(H,31,32,33). The lowest BCUT2D eigenvalue weighted by Crippen LogP contribution is -2.30. The molecule has 0 aliphatic rings. The van der Waals surface area contributed by atoms with Gasteiger partial charge in [0.25, 0.3) is 5.91 Å². The van der Waals surface area contributed by atoms with Gasteiger partial charge in [-0.15, -0.1) is 0 Å². The van der Waals surface area contributed by atoms with Crippen LogP contribution < -0.4 is 20.3 Å². The molecule has 0 atom stereocenters. The predicted octanol–water partition coefficient (Wildman–Crippen LogP) is 6.01. The third-order valence-corrected chi connectivity index (χ3v) is 6.12. The van der Waals surface area contributed by atoms with Gasteiger partial charge in [0.15, 0.2) is 5.75 Å². The number of rotatable bonds is 12. The number of amides is 2. The van der Waals surface area contributed by atoms with E-state index in [1.807, 2.05) is 0 Å². The minimum Gasteiger partial charge on any atom is -0.408 e. The Bertz CT molecular complexity index is 1220. The molecular formula is C27H32Cl2N6O3. The quantitative estimate of drug-likeness (QED) is 0.262. The molecule has 38 heavy (non-hydrogen) atoms. The van der Waals surface area contributed by atoms with E-state index in [-0.39, 0.29) is 22.6 Å². The topological polar surface area (TPSA) is 99.7 Å². The van der Waals surface area contributed by atoms with Crippen LogP contribution in [0.25, 0.3) is 0 Å². The number of benzene rings is 2. The molecule has 0 spiro atoms. The van der Waals surface area contributed by atoms with E-state index < -0.39 is 6.09 Å². The van der Waals surface area contributed by atoms with E-state index in [0.29, 0.717) is 28.6 Å². The summed E-state index contributed by atoms with van der Waals surface area (Å²) < 4.78 is 5.35. The average Bonchev–Trinajstić information content (AvgIpc) is 2.90. The SMILES string of the molecule is CN(C)CCCCCCNC(=O)c1ccc(Nc2nccc(N(C)C(=O)Oc3cc(Cl)ccc3Cl)n2)cc1. The number of hydrogen-bond acceptors (Lipinski definition) is 7. The Morgan fingerprint density at radius 3 is 2.42 bits per heavy atom. The van der Waals surface area contributed by atoms with Gasteiger partial charge in [0.05, 0.1) is 5.02 Å². The molecule has 0 unspecified atom stereocenters. The van der Waals surface area contributed by atoms with Gasteiger partial charge in [-0.2, -0.15) is 4.98 Å². The van der Waals surface area contributed by atoms with Gasteiger partial charge in [0, 0.05) is 42.1 Å². The molecule has 0 aliphatic carbocycles. The molecule has 2 N–H and O–H groups in total. The number of ether oxygens (including phenoxy) is 1. The largest absolute Gasteiger partial charge is 0.420 e. The van der Waals surface area contributed by atoms with Gasteiger partial charge in [-0.3, -0.25) is 9.69 Å². The van der Waals surface area contributed by atoms with Gasteiger partial charge < -0.3 is 20.3 Å². The Morgan fingerprint density at radius 1 is 0.947 bits per heavy atom. The molecule has 1 heterocycles. The molecule has 3 rings (SSSR count). The summed E-state index contributed by atoms with van der Waals surface area (Å²) in [5, 5.41) is 6.69. The van der Waals surface area contributed by atoms with Crippen molar-refractivity contribution in [2.45, 2.75) is 25.7 Å². The fourth-order valence-electron chi connectivity index (χ4n) is 3.45. The van der Waals surface area contributed by atoms with E-state index in [1.165, 1.54) is 30.6 Å². The third kappa shape index (κ3) is 9.16. The molecule has 2 aromatic carbocycles. The lowest BCUT2D eigenvalue weighted by molar-refractivity contribution is 0.0953. The Balaban J connectivity index is 1.50. The van der Waals surface area contributed by atoms with E-state index in [9.17, 15) is 9.59 Å². The van der Waals surface area contributed by atoms with E-state index in [2.05, 4.69) is 39.6 Å². The van der Waals surface area contributed by atoms with Crippen molar-refractivity contribution in [2.75, 3.05) is 44.4 Å². The molecule has 2 amide bonds. The first-order valence-corrected chi connectivity index (χ1v) is 13.0.